The van der Waals surface area contributed by atoms with E-state index >= 15 is 0 Å². The van der Waals surface area contributed by atoms with Crippen molar-refractivity contribution in [1.29, 1.82) is 0 Å². The monoisotopic (exact) mass is 244 g/mol. The quantitative estimate of drug-likeness (QED) is 0.879. The molecule has 2 saturated heterocycles. The van der Waals surface area contributed by atoms with Crippen molar-refractivity contribution in [2.45, 2.75) is 51.6 Å². The zero-order chi connectivity index (χ0) is 12.7. The normalized spacial score (nSPS) is 26.3. The van der Waals surface area contributed by atoms with Crippen molar-refractivity contribution >= 4 is 5.69 Å². The Balaban J connectivity index is 1.89. The molecule has 0 saturated carbocycles. The van der Waals surface area contributed by atoms with E-state index in [1.807, 2.05) is 0 Å². The second-order valence-corrected chi connectivity index (χ2v) is 6.04. The van der Waals surface area contributed by atoms with E-state index in [1.165, 1.54) is 29.8 Å². The van der Waals surface area contributed by atoms with E-state index in [0.29, 0.717) is 5.92 Å². The molecule has 0 radical (unpaired) electrons. The van der Waals surface area contributed by atoms with E-state index in [0.717, 1.165) is 25.0 Å². The van der Waals surface area contributed by atoms with Crippen molar-refractivity contribution in [2.24, 2.45) is 0 Å². The fraction of sp³-hybridized carbons (Fsp3) is 0.625. The van der Waals surface area contributed by atoms with Gasteiger partial charge < -0.3 is 10.2 Å². The highest BCUT2D eigenvalue weighted by Crippen LogP contribution is 2.32. The highest BCUT2D eigenvalue weighted by atomic mass is 15.3. The third kappa shape index (κ3) is 1.93. The van der Waals surface area contributed by atoms with Crippen LogP contribution in [0.25, 0.3) is 0 Å². The summed E-state index contributed by atoms with van der Waals surface area (Å²) >= 11 is 0. The lowest BCUT2D eigenvalue weighted by Gasteiger charge is -2.30. The molecule has 1 aromatic carbocycles. The first kappa shape index (κ1) is 12.0. The second kappa shape index (κ2) is 4.58. The van der Waals surface area contributed by atoms with Gasteiger partial charge in [-0.1, -0.05) is 26.8 Å². The number of fused-ring (bicyclic) bond motifs is 2. The van der Waals surface area contributed by atoms with E-state index in [2.05, 4.69) is 49.2 Å². The van der Waals surface area contributed by atoms with Crippen LogP contribution < -0.4 is 10.2 Å². The maximum atomic E-state index is 3.57. The molecule has 2 unspecified atom stereocenters. The van der Waals surface area contributed by atoms with Gasteiger partial charge in [0, 0.05) is 30.9 Å². The Morgan fingerprint density at radius 1 is 1.39 bits per heavy atom. The minimum Gasteiger partial charge on any atom is -0.366 e. The van der Waals surface area contributed by atoms with Crippen LogP contribution in [0.2, 0.25) is 0 Å². The molecule has 18 heavy (non-hydrogen) atoms. The molecule has 2 aliphatic rings. The van der Waals surface area contributed by atoms with Gasteiger partial charge in [0.05, 0.1) is 0 Å². The van der Waals surface area contributed by atoms with Crippen molar-refractivity contribution in [2.75, 3.05) is 18.0 Å². The molecule has 2 heterocycles. The summed E-state index contributed by atoms with van der Waals surface area (Å²) in [5, 5.41) is 3.57. The maximum Gasteiger partial charge on any atom is 0.0430 e. The Morgan fingerprint density at radius 2 is 2.22 bits per heavy atom. The first-order valence-corrected chi connectivity index (χ1v) is 7.32. The molecule has 2 nitrogen and oxygen atoms in total. The molecule has 3 rings (SSSR count). The van der Waals surface area contributed by atoms with Gasteiger partial charge in [0.1, 0.15) is 0 Å². The van der Waals surface area contributed by atoms with Gasteiger partial charge in [-0.15, -0.1) is 0 Å². The Labute approximate surface area is 110 Å². The smallest absolute Gasteiger partial charge is 0.0430 e. The fourth-order valence-corrected chi connectivity index (χ4v) is 3.52. The van der Waals surface area contributed by atoms with Gasteiger partial charge in [-0.2, -0.15) is 0 Å². The number of rotatable bonds is 3. The maximum absolute atomic E-state index is 3.57. The molecule has 0 spiro atoms. The molecule has 2 atom stereocenters. The fourth-order valence-electron chi connectivity index (χ4n) is 3.52. The molecule has 2 fully saturated rings. The van der Waals surface area contributed by atoms with E-state index in [9.17, 15) is 0 Å². The first-order chi connectivity index (χ1) is 8.69. The van der Waals surface area contributed by atoms with Crippen LogP contribution in [0.15, 0.2) is 18.2 Å². The van der Waals surface area contributed by atoms with Gasteiger partial charge in [-0.05, 0) is 42.0 Å². The summed E-state index contributed by atoms with van der Waals surface area (Å²) in [5.41, 5.74) is 4.48. The highest BCUT2D eigenvalue weighted by molar-refractivity contribution is 5.54. The van der Waals surface area contributed by atoms with Crippen LogP contribution in [0, 0.1) is 0 Å². The zero-order valence-electron chi connectivity index (χ0n) is 11.7. The highest BCUT2D eigenvalue weighted by Gasteiger charge is 2.37. The summed E-state index contributed by atoms with van der Waals surface area (Å²) in [7, 11) is 0. The number of piperazine rings is 1. The molecular formula is C16H24N2. The summed E-state index contributed by atoms with van der Waals surface area (Å²) in [4.78, 5) is 2.60. The van der Waals surface area contributed by atoms with Gasteiger partial charge in [0.2, 0.25) is 0 Å². The Bertz CT molecular complexity index is 439. The summed E-state index contributed by atoms with van der Waals surface area (Å²) in [6.07, 6.45) is 2.47. The predicted octanol–water partition coefficient (Wildman–Crippen LogP) is 2.92. The molecule has 1 N–H and O–H groups in total. The van der Waals surface area contributed by atoms with Crippen molar-refractivity contribution in [3.63, 3.8) is 0 Å². The Hall–Kier alpha value is -1.02. The first-order valence-electron chi connectivity index (χ1n) is 7.32. The second-order valence-electron chi connectivity index (χ2n) is 6.04. The topological polar surface area (TPSA) is 15.3 Å². The molecular weight excluding hydrogens is 220 g/mol. The van der Waals surface area contributed by atoms with Crippen LogP contribution >= 0.6 is 0 Å². The third-order valence-corrected chi connectivity index (χ3v) is 4.52. The van der Waals surface area contributed by atoms with Crippen LogP contribution in [-0.4, -0.2) is 25.2 Å². The van der Waals surface area contributed by atoms with Gasteiger partial charge in [0.15, 0.2) is 0 Å². The summed E-state index contributed by atoms with van der Waals surface area (Å²) in [6.45, 7) is 9.20. The Kier molecular flexibility index (Phi) is 3.06. The number of hydrogen-bond acceptors (Lipinski definition) is 2. The van der Waals surface area contributed by atoms with Crippen LogP contribution in [0.3, 0.4) is 0 Å². The van der Waals surface area contributed by atoms with Gasteiger partial charge in [-0.25, -0.2) is 0 Å². The van der Waals surface area contributed by atoms with E-state index in [-0.39, 0.29) is 0 Å². The minimum absolute atomic E-state index is 0.630. The SMILES string of the molecule is CCc1cc(N2CC3CC2CN3)ccc1C(C)C. The summed E-state index contributed by atoms with van der Waals surface area (Å²) in [6, 6.07) is 8.55. The lowest BCUT2D eigenvalue weighted by atomic mass is 9.95. The van der Waals surface area contributed by atoms with Crippen molar-refractivity contribution in [1.82, 2.24) is 5.32 Å². The molecule has 0 amide bonds. The van der Waals surface area contributed by atoms with Gasteiger partial charge in [-0.3, -0.25) is 0 Å². The van der Waals surface area contributed by atoms with Crippen molar-refractivity contribution < 1.29 is 0 Å². The number of aryl methyl sites for hydroxylation is 1. The number of anilines is 1. The lowest BCUT2D eigenvalue weighted by molar-refractivity contribution is 0.580. The molecule has 2 aliphatic heterocycles. The number of nitrogens with zero attached hydrogens (tertiary/aromatic N) is 1. The number of hydrogen-bond donors (Lipinski definition) is 1. The largest absolute Gasteiger partial charge is 0.366 e. The number of nitrogens with one attached hydrogen (secondary N) is 1. The van der Waals surface area contributed by atoms with Crippen molar-refractivity contribution in [3.05, 3.63) is 29.3 Å². The van der Waals surface area contributed by atoms with Crippen molar-refractivity contribution in [3.8, 4) is 0 Å². The molecule has 1 aromatic rings. The lowest BCUT2D eigenvalue weighted by Crippen LogP contribution is -2.43. The molecule has 0 aromatic heterocycles. The van der Waals surface area contributed by atoms with E-state index in [4.69, 9.17) is 0 Å². The predicted molar refractivity (Wildman–Crippen MR) is 77.5 cm³/mol. The molecule has 98 valence electrons. The van der Waals surface area contributed by atoms with Crippen LogP contribution in [0.4, 0.5) is 5.69 Å². The van der Waals surface area contributed by atoms with Gasteiger partial charge in [0.25, 0.3) is 0 Å². The molecule has 0 aliphatic carbocycles. The van der Waals surface area contributed by atoms with Crippen LogP contribution in [0.5, 0.6) is 0 Å². The average Bonchev–Trinajstić information content (AvgIpc) is 3.00. The average molecular weight is 244 g/mol. The van der Waals surface area contributed by atoms with E-state index in [1.54, 1.807) is 0 Å². The van der Waals surface area contributed by atoms with E-state index < -0.39 is 0 Å². The zero-order valence-corrected chi connectivity index (χ0v) is 11.7. The molecule has 2 bridgehead atoms. The molecule has 2 heteroatoms. The minimum atomic E-state index is 0.630. The summed E-state index contributed by atoms with van der Waals surface area (Å²) < 4.78 is 0. The standard InChI is InChI=1S/C16H24N2/c1-4-12-7-14(5-6-16(12)11(2)3)18-10-13-8-15(18)9-17-13/h5-7,11,13,15,17H,4,8-10H2,1-3H3. The third-order valence-electron chi connectivity index (χ3n) is 4.52. The van der Waals surface area contributed by atoms with Crippen LogP contribution in [0.1, 0.15) is 44.2 Å². The number of benzene rings is 1. The summed E-state index contributed by atoms with van der Waals surface area (Å²) in [5.74, 6) is 0.630. The van der Waals surface area contributed by atoms with Crippen LogP contribution in [-0.2, 0) is 6.42 Å². The van der Waals surface area contributed by atoms with Gasteiger partial charge >= 0.3 is 0 Å². The Morgan fingerprint density at radius 3 is 2.78 bits per heavy atom.